The molecule has 35 heavy (non-hydrogen) atoms. The van der Waals surface area contributed by atoms with Gasteiger partial charge < -0.3 is 14.0 Å². The van der Waals surface area contributed by atoms with E-state index in [0.29, 0.717) is 5.92 Å². The van der Waals surface area contributed by atoms with Crippen LogP contribution in [-0.2, 0) is 17.7 Å². The molecule has 0 N–H and O–H groups in total. The molecule has 1 amide bonds. The lowest BCUT2D eigenvalue weighted by atomic mass is 9.83. The van der Waals surface area contributed by atoms with Crippen LogP contribution in [0.3, 0.4) is 0 Å². The topological polar surface area (TPSA) is 38.8 Å². The van der Waals surface area contributed by atoms with Crippen LogP contribution in [0, 0.1) is 11.7 Å². The molecule has 3 aliphatic heterocycles. The first-order chi connectivity index (χ1) is 17.0. The van der Waals surface area contributed by atoms with E-state index >= 15 is 0 Å². The van der Waals surface area contributed by atoms with E-state index in [4.69, 9.17) is 9.47 Å². The Morgan fingerprint density at radius 1 is 1.09 bits per heavy atom. The van der Waals surface area contributed by atoms with Crippen molar-refractivity contribution in [2.75, 3.05) is 38.2 Å². The molecule has 0 aliphatic carbocycles. The molecule has 4 heterocycles. The molecule has 184 valence electrons. The number of quaternary nitrogens is 1. The van der Waals surface area contributed by atoms with E-state index in [1.807, 2.05) is 35.7 Å². The summed E-state index contributed by atoms with van der Waals surface area (Å²) < 4.78 is 26.2. The lowest BCUT2D eigenvalue weighted by Gasteiger charge is -2.52. The third-order valence-corrected chi connectivity index (χ3v) is 8.44. The van der Waals surface area contributed by atoms with E-state index in [2.05, 4.69) is 12.1 Å². The lowest BCUT2D eigenvalue weighted by Crippen LogP contribution is -2.65. The fourth-order valence-electron chi connectivity index (χ4n) is 5.49. The van der Waals surface area contributed by atoms with E-state index in [9.17, 15) is 9.18 Å². The molecule has 0 spiro atoms. The fraction of sp³-hybridized carbons (Fsp3) is 0.393. The van der Waals surface area contributed by atoms with Crippen LogP contribution in [0.4, 0.5) is 14.2 Å². The summed E-state index contributed by atoms with van der Waals surface area (Å²) in [6.45, 7) is 4.49. The van der Waals surface area contributed by atoms with E-state index in [0.717, 1.165) is 66.2 Å². The molecular formula is C28H32FN2O3S+. The summed E-state index contributed by atoms with van der Waals surface area (Å²) in [7, 11) is 1.69. The van der Waals surface area contributed by atoms with Gasteiger partial charge in [0.25, 0.3) is 0 Å². The minimum Gasteiger partial charge on any atom is -0.497 e. The van der Waals surface area contributed by atoms with E-state index in [1.54, 1.807) is 18.1 Å². The molecule has 2 bridgehead atoms. The van der Waals surface area contributed by atoms with Crippen molar-refractivity contribution in [3.63, 3.8) is 0 Å². The van der Waals surface area contributed by atoms with Crippen LogP contribution >= 0.6 is 11.3 Å². The van der Waals surface area contributed by atoms with Crippen molar-refractivity contribution in [3.8, 4) is 5.75 Å². The van der Waals surface area contributed by atoms with Crippen molar-refractivity contribution in [2.45, 2.75) is 31.9 Å². The Labute approximate surface area is 210 Å². The molecule has 3 fully saturated rings. The molecule has 2 aromatic carbocycles. The lowest BCUT2D eigenvalue weighted by molar-refractivity contribution is -0.945. The van der Waals surface area contributed by atoms with Crippen LogP contribution in [0.25, 0.3) is 0 Å². The number of methoxy groups -OCH3 is 1. The Morgan fingerprint density at radius 2 is 1.89 bits per heavy atom. The highest BCUT2D eigenvalue weighted by atomic mass is 32.1. The molecule has 7 heteroatoms. The number of carbonyl (C=O) groups is 1. The number of amides is 1. The van der Waals surface area contributed by atoms with Crippen LogP contribution < -0.4 is 9.64 Å². The van der Waals surface area contributed by atoms with E-state index < -0.39 is 0 Å². The highest BCUT2D eigenvalue weighted by molar-refractivity contribution is 7.14. The maximum Gasteiger partial charge on any atom is 0.415 e. The predicted octanol–water partition coefficient (Wildman–Crippen LogP) is 5.89. The maximum atomic E-state index is 13.8. The summed E-state index contributed by atoms with van der Waals surface area (Å²) in [5.41, 5.74) is 2.05. The summed E-state index contributed by atoms with van der Waals surface area (Å²) >= 11 is 1.49. The normalized spacial score (nSPS) is 23.1. The number of rotatable bonds is 8. The summed E-state index contributed by atoms with van der Waals surface area (Å²) in [6, 6.07) is 18.5. The molecule has 1 aromatic heterocycles. The van der Waals surface area contributed by atoms with Crippen molar-refractivity contribution in [1.82, 2.24) is 0 Å². The molecule has 3 saturated heterocycles. The van der Waals surface area contributed by atoms with Gasteiger partial charge in [0.05, 0.1) is 33.3 Å². The number of benzene rings is 2. The van der Waals surface area contributed by atoms with Gasteiger partial charge in [-0.25, -0.2) is 9.18 Å². The van der Waals surface area contributed by atoms with E-state index in [-0.39, 0.29) is 24.6 Å². The minimum absolute atomic E-state index is 0.0872. The number of ether oxygens (including phenoxy) is 2. The second-order valence-corrected chi connectivity index (χ2v) is 10.6. The Bertz CT molecular complexity index is 1130. The summed E-state index contributed by atoms with van der Waals surface area (Å²) in [6.07, 6.45) is 2.74. The van der Waals surface area contributed by atoms with Crippen LogP contribution in [-0.4, -0.2) is 50.0 Å². The van der Waals surface area contributed by atoms with Crippen LogP contribution in [0.5, 0.6) is 5.75 Å². The molecular weight excluding hydrogens is 463 g/mol. The predicted molar refractivity (Wildman–Crippen MR) is 136 cm³/mol. The van der Waals surface area contributed by atoms with Crippen molar-refractivity contribution in [1.29, 1.82) is 0 Å². The van der Waals surface area contributed by atoms with Gasteiger partial charge in [-0.2, -0.15) is 0 Å². The van der Waals surface area contributed by atoms with Gasteiger partial charge in [0.1, 0.15) is 23.1 Å². The number of fused-ring (bicyclic) bond motifs is 3. The van der Waals surface area contributed by atoms with Crippen LogP contribution in [0.2, 0.25) is 0 Å². The first-order valence-corrected chi connectivity index (χ1v) is 13.2. The van der Waals surface area contributed by atoms with Crippen LogP contribution in [0.1, 0.15) is 24.0 Å². The van der Waals surface area contributed by atoms with Crippen molar-refractivity contribution >= 4 is 22.4 Å². The molecule has 3 aliphatic rings. The Kier molecular flexibility index (Phi) is 7.07. The zero-order valence-corrected chi connectivity index (χ0v) is 20.9. The Morgan fingerprint density at radius 3 is 2.57 bits per heavy atom. The minimum atomic E-state index is -0.344. The smallest absolute Gasteiger partial charge is 0.415 e. The molecule has 0 radical (unpaired) electrons. The number of halogens is 1. The Balaban J connectivity index is 1.26. The zero-order valence-electron chi connectivity index (χ0n) is 20.1. The van der Waals surface area contributed by atoms with Gasteiger partial charge in [-0.1, -0.05) is 24.3 Å². The summed E-state index contributed by atoms with van der Waals surface area (Å²) in [4.78, 5) is 15.1. The summed E-state index contributed by atoms with van der Waals surface area (Å²) in [5, 5.41) is 2.75. The first-order valence-electron chi connectivity index (χ1n) is 12.3. The monoisotopic (exact) mass is 495 g/mol. The largest absolute Gasteiger partial charge is 0.497 e. The number of piperidine rings is 3. The summed E-state index contributed by atoms with van der Waals surface area (Å²) in [5.74, 6) is 0.988. The van der Waals surface area contributed by atoms with Crippen molar-refractivity contribution in [2.24, 2.45) is 5.92 Å². The first kappa shape index (κ1) is 23.8. The maximum absolute atomic E-state index is 13.8. The van der Waals surface area contributed by atoms with Crippen molar-refractivity contribution < 1.29 is 23.1 Å². The third-order valence-electron chi connectivity index (χ3n) is 7.55. The number of thiophene rings is 1. The van der Waals surface area contributed by atoms with E-state index in [1.165, 1.54) is 29.0 Å². The zero-order chi connectivity index (χ0) is 24.3. The Hall–Kier alpha value is -2.90. The number of anilines is 1. The standard InChI is InChI=1S/C28H32FN2O3S/c1-33-25-9-7-21(8-10-25)11-14-31-15-12-23(13-16-31)26(20-31)34-28(32)30(27-6-3-17-35-27)19-22-4-2-5-24(29)18-22/h2-10,17-18,23,26H,11-16,19-20H2,1H3/q+1/t23?,26-,31?/m0/s1. The van der Waals surface area contributed by atoms with Gasteiger partial charge in [-0.3, -0.25) is 4.90 Å². The third kappa shape index (κ3) is 5.52. The molecule has 1 atom stereocenters. The average molecular weight is 496 g/mol. The molecule has 0 saturated carbocycles. The van der Waals surface area contributed by atoms with Crippen LogP contribution in [0.15, 0.2) is 66.0 Å². The van der Waals surface area contributed by atoms with Gasteiger partial charge >= 0.3 is 6.09 Å². The van der Waals surface area contributed by atoms with Crippen molar-refractivity contribution in [3.05, 3.63) is 83.0 Å². The second-order valence-electron chi connectivity index (χ2n) is 9.72. The molecule has 5 nitrogen and oxygen atoms in total. The number of carbonyl (C=O) groups excluding carboxylic acids is 1. The fourth-order valence-corrected chi connectivity index (χ4v) is 6.21. The molecule has 0 unspecified atom stereocenters. The van der Waals surface area contributed by atoms with Gasteiger partial charge in [-0.15, -0.1) is 11.3 Å². The number of hydrogen-bond donors (Lipinski definition) is 0. The van der Waals surface area contributed by atoms with Gasteiger partial charge in [-0.05, 0) is 52.9 Å². The van der Waals surface area contributed by atoms with Gasteiger partial charge in [0.2, 0.25) is 0 Å². The average Bonchev–Trinajstić information content (AvgIpc) is 3.42. The van der Waals surface area contributed by atoms with Gasteiger partial charge in [0.15, 0.2) is 6.10 Å². The quantitative estimate of drug-likeness (QED) is 0.366. The highest BCUT2D eigenvalue weighted by Gasteiger charge is 2.47. The molecule has 6 rings (SSSR count). The number of nitrogens with zero attached hydrogens (tertiary/aromatic N) is 2. The SMILES string of the molecule is COc1ccc(CC[N+]23CCC(CC2)[C@@H](OC(=O)N(Cc2cccc(F)c2)c2cccs2)C3)cc1. The van der Waals surface area contributed by atoms with Gasteiger partial charge in [0, 0.05) is 25.2 Å². The molecule has 3 aromatic rings. The highest BCUT2D eigenvalue weighted by Crippen LogP contribution is 2.36. The second kappa shape index (κ2) is 10.4. The number of hydrogen-bond acceptors (Lipinski definition) is 4.